The molecule has 0 saturated heterocycles. The minimum atomic E-state index is -0.502. The SMILES string of the molecule is COC1=C(c2ccc(O)cc2)C(=O)C(OC)=C(c2ccc(O)cc2)C1=O. The Bertz CT molecular complexity index is 854. The second-order valence-corrected chi connectivity index (χ2v) is 5.57. The summed E-state index contributed by atoms with van der Waals surface area (Å²) >= 11 is 0. The van der Waals surface area contributed by atoms with E-state index in [1.807, 2.05) is 0 Å². The fraction of sp³-hybridized carbons (Fsp3) is 0.100. The van der Waals surface area contributed by atoms with Crippen LogP contribution in [-0.2, 0) is 19.1 Å². The minimum absolute atomic E-state index is 0.0372. The Morgan fingerprint density at radius 3 is 1.19 bits per heavy atom. The molecule has 3 rings (SSSR count). The zero-order chi connectivity index (χ0) is 18.8. The number of carbonyl (C=O) groups excluding carboxylic acids is 2. The van der Waals surface area contributed by atoms with Crippen LogP contribution < -0.4 is 0 Å². The maximum Gasteiger partial charge on any atom is 0.232 e. The molecule has 2 aromatic carbocycles. The molecular weight excluding hydrogens is 336 g/mol. The van der Waals surface area contributed by atoms with Crippen molar-refractivity contribution >= 4 is 22.7 Å². The predicted octanol–water partition coefficient (Wildman–Crippen LogP) is 2.66. The molecule has 0 unspecified atom stereocenters. The molecule has 26 heavy (non-hydrogen) atoms. The number of methoxy groups -OCH3 is 2. The van der Waals surface area contributed by atoms with Gasteiger partial charge in [0.2, 0.25) is 11.6 Å². The van der Waals surface area contributed by atoms with Crippen LogP contribution >= 0.6 is 0 Å². The van der Waals surface area contributed by atoms with Gasteiger partial charge in [0.25, 0.3) is 0 Å². The number of Topliss-reactive ketones (excluding diaryl/α,β-unsaturated/α-hetero) is 2. The van der Waals surface area contributed by atoms with Gasteiger partial charge >= 0.3 is 0 Å². The van der Waals surface area contributed by atoms with E-state index in [9.17, 15) is 19.8 Å². The Morgan fingerprint density at radius 2 is 0.923 bits per heavy atom. The van der Waals surface area contributed by atoms with Crippen molar-refractivity contribution in [1.29, 1.82) is 0 Å². The molecule has 0 bridgehead atoms. The van der Waals surface area contributed by atoms with Gasteiger partial charge in [0.05, 0.1) is 25.4 Å². The summed E-state index contributed by atoms with van der Waals surface area (Å²) in [6.45, 7) is 0. The number of benzene rings is 2. The van der Waals surface area contributed by atoms with Crippen LogP contribution in [0.3, 0.4) is 0 Å². The summed E-state index contributed by atoms with van der Waals surface area (Å²) in [5, 5.41) is 18.9. The summed E-state index contributed by atoms with van der Waals surface area (Å²) in [6.07, 6.45) is 0. The van der Waals surface area contributed by atoms with Crippen molar-refractivity contribution in [2.24, 2.45) is 0 Å². The van der Waals surface area contributed by atoms with Crippen LogP contribution in [0.4, 0.5) is 0 Å². The van der Waals surface area contributed by atoms with Gasteiger partial charge in [0.1, 0.15) is 11.5 Å². The molecule has 1 aliphatic carbocycles. The Hall–Kier alpha value is -3.54. The standard InChI is InChI=1S/C20H16O6/c1-25-19-15(11-3-7-13(21)8-4-11)18(24)20(26-2)16(17(19)23)12-5-9-14(22)10-6-12/h3-10,21-22H,1-2H3. The first-order valence-electron chi connectivity index (χ1n) is 7.72. The van der Waals surface area contributed by atoms with Crippen LogP contribution in [0.5, 0.6) is 11.5 Å². The smallest absolute Gasteiger partial charge is 0.232 e. The number of allylic oxidation sites excluding steroid dienone is 2. The van der Waals surface area contributed by atoms with E-state index in [1.165, 1.54) is 62.8 Å². The zero-order valence-electron chi connectivity index (χ0n) is 14.1. The molecule has 2 N–H and O–H groups in total. The van der Waals surface area contributed by atoms with Crippen molar-refractivity contribution in [2.45, 2.75) is 0 Å². The Kier molecular flexibility index (Phi) is 4.49. The van der Waals surface area contributed by atoms with Gasteiger partial charge in [-0.15, -0.1) is 0 Å². The van der Waals surface area contributed by atoms with Crippen LogP contribution in [0, 0.1) is 0 Å². The average Bonchev–Trinajstić information content (AvgIpc) is 2.64. The molecule has 6 heteroatoms. The van der Waals surface area contributed by atoms with Gasteiger partial charge in [-0.2, -0.15) is 0 Å². The Morgan fingerprint density at radius 1 is 0.615 bits per heavy atom. The van der Waals surface area contributed by atoms with Gasteiger partial charge in [-0.1, -0.05) is 24.3 Å². The highest BCUT2D eigenvalue weighted by atomic mass is 16.5. The monoisotopic (exact) mass is 352 g/mol. The molecule has 0 spiro atoms. The van der Waals surface area contributed by atoms with Crippen LogP contribution in [0.2, 0.25) is 0 Å². The molecule has 0 saturated carbocycles. The number of ketones is 2. The topological polar surface area (TPSA) is 93.1 Å². The summed E-state index contributed by atoms with van der Waals surface area (Å²) in [6, 6.07) is 11.7. The van der Waals surface area contributed by atoms with Crippen molar-refractivity contribution in [3.63, 3.8) is 0 Å². The van der Waals surface area contributed by atoms with Crippen LogP contribution in [0.1, 0.15) is 11.1 Å². The number of aromatic hydroxyl groups is 2. The van der Waals surface area contributed by atoms with E-state index >= 15 is 0 Å². The van der Waals surface area contributed by atoms with Crippen molar-refractivity contribution in [3.05, 3.63) is 71.2 Å². The van der Waals surface area contributed by atoms with E-state index in [-0.39, 0.29) is 34.2 Å². The molecule has 0 radical (unpaired) electrons. The number of hydrogen-bond donors (Lipinski definition) is 2. The maximum atomic E-state index is 13.0. The molecule has 132 valence electrons. The number of phenolic OH excluding ortho intramolecular Hbond substituents is 2. The van der Waals surface area contributed by atoms with Crippen molar-refractivity contribution in [1.82, 2.24) is 0 Å². The quantitative estimate of drug-likeness (QED) is 0.822. The molecule has 1 aliphatic rings. The first kappa shape index (κ1) is 17.3. The molecule has 2 aromatic rings. The molecular formula is C20H16O6. The number of rotatable bonds is 4. The summed E-state index contributed by atoms with van der Waals surface area (Å²) in [7, 11) is 2.63. The van der Waals surface area contributed by atoms with Crippen LogP contribution in [0.25, 0.3) is 11.1 Å². The van der Waals surface area contributed by atoms with E-state index in [0.29, 0.717) is 11.1 Å². The fourth-order valence-corrected chi connectivity index (χ4v) is 2.83. The number of hydrogen-bond acceptors (Lipinski definition) is 6. The van der Waals surface area contributed by atoms with E-state index in [0.717, 1.165) is 0 Å². The van der Waals surface area contributed by atoms with Gasteiger partial charge in [-0.3, -0.25) is 9.59 Å². The van der Waals surface area contributed by atoms with Crippen molar-refractivity contribution < 1.29 is 29.3 Å². The second kappa shape index (κ2) is 6.76. The number of ether oxygens (including phenoxy) is 2. The molecule has 0 aliphatic heterocycles. The highest BCUT2D eigenvalue weighted by molar-refractivity contribution is 6.46. The fourth-order valence-electron chi connectivity index (χ4n) is 2.83. The third kappa shape index (κ3) is 2.82. The van der Waals surface area contributed by atoms with Gasteiger partial charge < -0.3 is 19.7 Å². The lowest BCUT2D eigenvalue weighted by Gasteiger charge is -2.22. The normalized spacial score (nSPS) is 14.7. The summed E-state index contributed by atoms with van der Waals surface area (Å²) < 4.78 is 10.5. The molecule has 0 heterocycles. The van der Waals surface area contributed by atoms with Gasteiger partial charge in [-0.05, 0) is 35.4 Å². The van der Waals surface area contributed by atoms with Gasteiger partial charge in [-0.25, -0.2) is 0 Å². The number of carbonyl (C=O) groups is 2. The molecule has 0 atom stereocenters. The minimum Gasteiger partial charge on any atom is -0.508 e. The number of phenols is 2. The van der Waals surface area contributed by atoms with Gasteiger partial charge in [0.15, 0.2) is 11.5 Å². The van der Waals surface area contributed by atoms with Crippen molar-refractivity contribution in [2.75, 3.05) is 14.2 Å². The van der Waals surface area contributed by atoms with Crippen LogP contribution in [-0.4, -0.2) is 36.0 Å². The molecule has 0 fully saturated rings. The Balaban J connectivity index is 2.20. The lowest BCUT2D eigenvalue weighted by atomic mass is 9.86. The molecule has 6 nitrogen and oxygen atoms in total. The lowest BCUT2D eigenvalue weighted by Crippen LogP contribution is -2.24. The van der Waals surface area contributed by atoms with E-state index in [2.05, 4.69) is 0 Å². The maximum absolute atomic E-state index is 13.0. The third-order valence-electron chi connectivity index (χ3n) is 4.04. The third-order valence-corrected chi connectivity index (χ3v) is 4.04. The first-order valence-corrected chi connectivity index (χ1v) is 7.72. The van der Waals surface area contributed by atoms with Crippen LogP contribution in [0.15, 0.2) is 60.0 Å². The largest absolute Gasteiger partial charge is 0.508 e. The van der Waals surface area contributed by atoms with Crippen molar-refractivity contribution in [3.8, 4) is 11.5 Å². The highest BCUT2D eigenvalue weighted by Gasteiger charge is 2.38. The highest BCUT2D eigenvalue weighted by Crippen LogP contribution is 2.37. The summed E-state index contributed by atoms with van der Waals surface area (Å²) in [5.41, 5.74) is 0.989. The summed E-state index contributed by atoms with van der Waals surface area (Å²) in [4.78, 5) is 26.0. The van der Waals surface area contributed by atoms with E-state index in [4.69, 9.17) is 9.47 Å². The second-order valence-electron chi connectivity index (χ2n) is 5.57. The van der Waals surface area contributed by atoms with E-state index < -0.39 is 11.6 Å². The summed E-state index contributed by atoms with van der Waals surface area (Å²) in [5.74, 6) is -1.14. The average molecular weight is 352 g/mol. The van der Waals surface area contributed by atoms with Gasteiger partial charge in [0, 0.05) is 0 Å². The zero-order valence-corrected chi connectivity index (χ0v) is 14.1. The lowest BCUT2D eigenvalue weighted by molar-refractivity contribution is -0.117. The van der Waals surface area contributed by atoms with E-state index in [1.54, 1.807) is 0 Å². The molecule has 0 amide bonds. The first-order chi connectivity index (χ1) is 12.5. The molecule has 0 aromatic heterocycles. The Labute approximate surface area is 149 Å². The predicted molar refractivity (Wildman–Crippen MR) is 94.1 cm³/mol.